The molecule has 3 rings (SSSR count). The van der Waals surface area contributed by atoms with Crippen LogP contribution in [0.5, 0.6) is 0 Å². The van der Waals surface area contributed by atoms with E-state index < -0.39 is 0 Å². The topological polar surface area (TPSA) is 32.3 Å². The SMILES string of the molecule is Cc1ccc(C(=O)NCc2ccccc2CN2CCCCC2)cc1C. The van der Waals surface area contributed by atoms with E-state index >= 15 is 0 Å². The van der Waals surface area contributed by atoms with Crippen molar-refractivity contribution in [2.75, 3.05) is 13.1 Å². The Labute approximate surface area is 151 Å². The summed E-state index contributed by atoms with van der Waals surface area (Å²) in [4.78, 5) is 15.0. The van der Waals surface area contributed by atoms with E-state index in [0.29, 0.717) is 6.54 Å². The number of carbonyl (C=O) groups excluding carboxylic acids is 1. The van der Waals surface area contributed by atoms with Gasteiger partial charge in [-0.1, -0.05) is 36.8 Å². The summed E-state index contributed by atoms with van der Waals surface area (Å²) < 4.78 is 0. The second kappa shape index (κ2) is 8.30. The molecular formula is C22H28N2O. The number of nitrogens with one attached hydrogen (secondary N) is 1. The van der Waals surface area contributed by atoms with E-state index in [-0.39, 0.29) is 5.91 Å². The van der Waals surface area contributed by atoms with Crippen LogP contribution >= 0.6 is 0 Å². The summed E-state index contributed by atoms with van der Waals surface area (Å²) in [6.45, 7) is 8.03. The van der Waals surface area contributed by atoms with Crippen LogP contribution in [0.1, 0.15) is 51.9 Å². The molecule has 3 nitrogen and oxygen atoms in total. The number of carbonyl (C=O) groups is 1. The van der Waals surface area contributed by atoms with Crippen LogP contribution in [-0.4, -0.2) is 23.9 Å². The quantitative estimate of drug-likeness (QED) is 0.886. The van der Waals surface area contributed by atoms with E-state index in [2.05, 4.69) is 41.4 Å². The second-order valence-corrected chi connectivity index (χ2v) is 7.09. The molecule has 3 heteroatoms. The number of aryl methyl sites for hydroxylation is 2. The average Bonchev–Trinajstić information content (AvgIpc) is 2.64. The van der Waals surface area contributed by atoms with Gasteiger partial charge in [0.15, 0.2) is 0 Å². The van der Waals surface area contributed by atoms with Gasteiger partial charge in [-0.15, -0.1) is 0 Å². The zero-order valence-corrected chi connectivity index (χ0v) is 15.3. The highest BCUT2D eigenvalue weighted by atomic mass is 16.1. The van der Waals surface area contributed by atoms with Crippen molar-refractivity contribution >= 4 is 5.91 Å². The van der Waals surface area contributed by atoms with Crippen LogP contribution < -0.4 is 5.32 Å². The highest BCUT2D eigenvalue weighted by Gasteiger charge is 2.13. The molecule has 1 heterocycles. The smallest absolute Gasteiger partial charge is 0.251 e. The van der Waals surface area contributed by atoms with Gasteiger partial charge in [0.1, 0.15) is 0 Å². The third-order valence-electron chi connectivity index (χ3n) is 5.17. The fourth-order valence-electron chi connectivity index (χ4n) is 3.40. The van der Waals surface area contributed by atoms with Crippen LogP contribution in [0.4, 0.5) is 0 Å². The van der Waals surface area contributed by atoms with Crippen LogP contribution in [0.25, 0.3) is 0 Å². The van der Waals surface area contributed by atoms with E-state index in [4.69, 9.17) is 0 Å². The Balaban J connectivity index is 1.64. The molecule has 0 aliphatic carbocycles. The molecule has 0 bridgehead atoms. The van der Waals surface area contributed by atoms with Crippen molar-refractivity contribution in [2.24, 2.45) is 0 Å². The van der Waals surface area contributed by atoms with E-state index in [9.17, 15) is 4.79 Å². The van der Waals surface area contributed by atoms with Gasteiger partial charge in [0, 0.05) is 18.7 Å². The minimum atomic E-state index is -0.00382. The molecule has 1 saturated heterocycles. The molecule has 0 spiro atoms. The lowest BCUT2D eigenvalue weighted by Crippen LogP contribution is -2.30. The van der Waals surface area contributed by atoms with Crippen molar-refractivity contribution in [2.45, 2.75) is 46.2 Å². The van der Waals surface area contributed by atoms with Gasteiger partial charge in [-0.2, -0.15) is 0 Å². The van der Waals surface area contributed by atoms with Crippen molar-refractivity contribution in [3.8, 4) is 0 Å². The highest BCUT2D eigenvalue weighted by Crippen LogP contribution is 2.16. The summed E-state index contributed by atoms with van der Waals surface area (Å²) in [7, 11) is 0. The van der Waals surface area contributed by atoms with Crippen molar-refractivity contribution in [3.05, 3.63) is 70.3 Å². The van der Waals surface area contributed by atoms with Crippen LogP contribution in [0.3, 0.4) is 0 Å². The average molecular weight is 336 g/mol. The molecule has 0 radical (unpaired) electrons. The Morgan fingerprint density at radius 2 is 1.68 bits per heavy atom. The molecule has 132 valence electrons. The zero-order valence-electron chi connectivity index (χ0n) is 15.3. The molecule has 0 unspecified atom stereocenters. The first-order chi connectivity index (χ1) is 12.1. The molecular weight excluding hydrogens is 308 g/mol. The number of nitrogens with zero attached hydrogens (tertiary/aromatic N) is 1. The zero-order chi connectivity index (χ0) is 17.6. The number of likely N-dealkylation sites (tertiary alicyclic amines) is 1. The summed E-state index contributed by atoms with van der Waals surface area (Å²) in [5, 5.41) is 3.08. The van der Waals surface area contributed by atoms with E-state index in [0.717, 1.165) is 17.7 Å². The summed E-state index contributed by atoms with van der Waals surface area (Å²) in [5.41, 5.74) is 5.63. The summed E-state index contributed by atoms with van der Waals surface area (Å²) in [6, 6.07) is 14.3. The van der Waals surface area contributed by atoms with Gasteiger partial charge in [-0.05, 0) is 74.2 Å². The molecule has 2 aromatic carbocycles. The minimum Gasteiger partial charge on any atom is -0.348 e. The molecule has 1 N–H and O–H groups in total. The first-order valence-corrected chi connectivity index (χ1v) is 9.28. The Morgan fingerprint density at radius 3 is 2.40 bits per heavy atom. The van der Waals surface area contributed by atoms with E-state index in [1.807, 2.05) is 25.1 Å². The van der Waals surface area contributed by atoms with E-state index in [1.54, 1.807) is 0 Å². The minimum absolute atomic E-state index is 0.00382. The van der Waals surface area contributed by atoms with Gasteiger partial charge in [0.2, 0.25) is 0 Å². The number of hydrogen-bond acceptors (Lipinski definition) is 2. The Bertz CT molecular complexity index is 733. The number of benzene rings is 2. The predicted octanol–water partition coefficient (Wildman–Crippen LogP) is 4.22. The summed E-state index contributed by atoms with van der Waals surface area (Å²) >= 11 is 0. The van der Waals surface area contributed by atoms with Crippen LogP contribution in [0, 0.1) is 13.8 Å². The fourth-order valence-corrected chi connectivity index (χ4v) is 3.40. The van der Waals surface area contributed by atoms with Crippen LogP contribution in [0.2, 0.25) is 0 Å². The monoisotopic (exact) mass is 336 g/mol. The van der Waals surface area contributed by atoms with E-state index in [1.165, 1.54) is 49.0 Å². The van der Waals surface area contributed by atoms with Crippen molar-refractivity contribution in [1.29, 1.82) is 0 Å². The molecule has 25 heavy (non-hydrogen) atoms. The lowest BCUT2D eigenvalue weighted by molar-refractivity contribution is 0.0950. The molecule has 1 amide bonds. The van der Waals surface area contributed by atoms with Gasteiger partial charge in [0.25, 0.3) is 5.91 Å². The van der Waals surface area contributed by atoms with Gasteiger partial charge in [-0.25, -0.2) is 0 Å². The molecule has 0 aromatic heterocycles. The highest BCUT2D eigenvalue weighted by molar-refractivity contribution is 5.94. The number of piperidine rings is 1. The lowest BCUT2D eigenvalue weighted by Gasteiger charge is -2.27. The Kier molecular flexibility index (Phi) is 5.87. The molecule has 1 aliphatic rings. The molecule has 0 saturated carbocycles. The Morgan fingerprint density at radius 1 is 0.960 bits per heavy atom. The van der Waals surface area contributed by atoms with Gasteiger partial charge >= 0.3 is 0 Å². The van der Waals surface area contributed by atoms with Crippen molar-refractivity contribution in [3.63, 3.8) is 0 Å². The number of rotatable bonds is 5. The third kappa shape index (κ3) is 4.70. The maximum absolute atomic E-state index is 12.5. The van der Waals surface area contributed by atoms with Crippen molar-refractivity contribution < 1.29 is 4.79 Å². The lowest BCUT2D eigenvalue weighted by atomic mass is 10.0. The first kappa shape index (κ1) is 17.7. The van der Waals surface area contributed by atoms with Crippen LogP contribution in [-0.2, 0) is 13.1 Å². The fraction of sp³-hybridized carbons (Fsp3) is 0.409. The third-order valence-corrected chi connectivity index (χ3v) is 5.17. The molecule has 1 aliphatic heterocycles. The summed E-state index contributed by atoms with van der Waals surface area (Å²) in [5.74, 6) is -0.00382. The molecule has 0 atom stereocenters. The largest absolute Gasteiger partial charge is 0.348 e. The van der Waals surface area contributed by atoms with Crippen LogP contribution in [0.15, 0.2) is 42.5 Å². The standard InChI is InChI=1S/C22H28N2O/c1-17-10-11-19(14-18(17)2)22(25)23-15-20-8-4-5-9-21(20)16-24-12-6-3-7-13-24/h4-5,8-11,14H,3,6-7,12-13,15-16H2,1-2H3,(H,23,25). The molecule has 2 aromatic rings. The Hall–Kier alpha value is -2.13. The van der Waals surface area contributed by atoms with Gasteiger partial charge in [-0.3, -0.25) is 9.69 Å². The number of hydrogen-bond donors (Lipinski definition) is 1. The number of amides is 1. The maximum Gasteiger partial charge on any atom is 0.251 e. The predicted molar refractivity (Wildman–Crippen MR) is 103 cm³/mol. The normalized spacial score (nSPS) is 15.1. The molecule has 1 fully saturated rings. The summed E-state index contributed by atoms with van der Waals surface area (Å²) in [6.07, 6.45) is 3.95. The second-order valence-electron chi connectivity index (χ2n) is 7.09. The van der Waals surface area contributed by atoms with Gasteiger partial charge < -0.3 is 5.32 Å². The van der Waals surface area contributed by atoms with Crippen molar-refractivity contribution in [1.82, 2.24) is 10.2 Å². The van der Waals surface area contributed by atoms with Gasteiger partial charge in [0.05, 0.1) is 0 Å². The first-order valence-electron chi connectivity index (χ1n) is 9.28. The maximum atomic E-state index is 12.5.